The van der Waals surface area contributed by atoms with E-state index in [9.17, 15) is 13.2 Å². The highest BCUT2D eigenvalue weighted by molar-refractivity contribution is 8.14. The van der Waals surface area contributed by atoms with Crippen molar-refractivity contribution in [2.45, 2.75) is 11.7 Å². The maximum Gasteiger partial charge on any atom is 0.237 e. The molecule has 2 aromatic rings. The van der Waals surface area contributed by atoms with E-state index in [4.69, 9.17) is 15.1 Å². The minimum Gasteiger partial charge on any atom is -0.443 e. The molecule has 1 amide bonds. The van der Waals surface area contributed by atoms with Crippen molar-refractivity contribution in [1.29, 1.82) is 0 Å². The molecule has 1 aliphatic heterocycles. The molecule has 0 aliphatic carbocycles. The normalized spacial score (nSPS) is 19.2. The predicted molar refractivity (Wildman–Crippen MR) is 77.5 cm³/mol. The number of carbonyl (C=O) groups excluding carboxylic acids is 1. The highest BCUT2D eigenvalue weighted by Gasteiger charge is 2.38. The van der Waals surface area contributed by atoms with E-state index in [1.54, 1.807) is 24.3 Å². The zero-order valence-corrected chi connectivity index (χ0v) is 12.3. The zero-order chi connectivity index (χ0) is 15.0. The van der Waals surface area contributed by atoms with Crippen LogP contribution in [-0.4, -0.2) is 31.1 Å². The number of benzene rings is 1. The molecule has 8 heteroatoms. The molecule has 1 aromatic heterocycles. The highest BCUT2D eigenvalue weighted by Crippen LogP contribution is 2.34. The van der Waals surface area contributed by atoms with Gasteiger partial charge in [0.25, 0.3) is 0 Å². The Morgan fingerprint density at radius 3 is 2.71 bits per heavy atom. The predicted octanol–water partition coefficient (Wildman–Crippen LogP) is 2.02. The molecule has 1 unspecified atom stereocenters. The number of halogens is 1. The summed E-state index contributed by atoms with van der Waals surface area (Å²) >= 11 is 0. The quantitative estimate of drug-likeness (QED) is 0.806. The zero-order valence-electron chi connectivity index (χ0n) is 10.8. The lowest BCUT2D eigenvalue weighted by atomic mass is 10.1. The SMILES string of the molecule is O=C1CC(S(=O)(=O)Cl)CN1c1ccccc1-c1cnco1. The van der Waals surface area contributed by atoms with Crippen LogP contribution in [0.2, 0.25) is 0 Å². The molecule has 0 radical (unpaired) electrons. The summed E-state index contributed by atoms with van der Waals surface area (Å²) in [6, 6.07) is 7.09. The summed E-state index contributed by atoms with van der Waals surface area (Å²) in [7, 11) is 1.59. The van der Waals surface area contributed by atoms with Gasteiger partial charge in [-0.25, -0.2) is 13.4 Å². The summed E-state index contributed by atoms with van der Waals surface area (Å²) in [4.78, 5) is 17.4. The van der Waals surface area contributed by atoms with Crippen LogP contribution in [0.1, 0.15) is 6.42 Å². The second-order valence-corrected chi connectivity index (χ2v) is 7.60. The molecule has 1 fully saturated rings. The van der Waals surface area contributed by atoms with Crippen LogP contribution in [0.3, 0.4) is 0 Å². The number of nitrogens with zero attached hydrogens (tertiary/aromatic N) is 2. The lowest BCUT2D eigenvalue weighted by molar-refractivity contribution is -0.117. The smallest absolute Gasteiger partial charge is 0.237 e. The molecule has 0 saturated carbocycles. The van der Waals surface area contributed by atoms with E-state index in [2.05, 4.69) is 4.98 Å². The van der Waals surface area contributed by atoms with Crippen LogP contribution in [0.15, 0.2) is 41.3 Å². The first kappa shape index (κ1) is 14.1. The van der Waals surface area contributed by atoms with Crippen LogP contribution < -0.4 is 4.90 Å². The molecule has 1 saturated heterocycles. The van der Waals surface area contributed by atoms with E-state index in [-0.39, 0.29) is 18.9 Å². The van der Waals surface area contributed by atoms with Crippen molar-refractivity contribution in [3.63, 3.8) is 0 Å². The summed E-state index contributed by atoms with van der Waals surface area (Å²) in [5, 5.41) is -0.894. The van der Waals surface area contributed by atoms with Gasteiger partial charge in [-0.15, -0.1) is 0 Å². The first-order chi connectivity index (χ1) is 9.97. The van der Waals surface area contributed by atoms with Gasteiger partial charge in [0, 0.05) is 29.2 Å². The van der Waals surface area contributed by atoms with Crippen molar-refractivity contribution in [3.05, 3.63) is 36.9 Å². The van der Waals surface area contributed by atoms with Crippen molar-refractivity contribution in [3.8, 4) is 11.3 Å². The van der Waals surface area contributed by atoms with Gasteiger partial charge in [0.15, 0.2) is 12.2 Å². The standard InChI is InChI=1S/C13H11ClN2O4S/c14-21(18,19)9-5-13(17)16(7-9)11-4-2-1-3-10(11)12-6-15-8-20-12/h1-4,6,8-9H,5,7H2. The maximum absolute atomic E-state index is 12.1. The van der Waals surface area contributed by atoms with Crippen molar-refractivity contribution in [2.24, 2.45) is 0 Å². The van der Waals surface area contributed by atoms with Crippen molar-refractivity contribution in [1.82, 2.24) is 4.98 Å². The largest absolute Gasteiger partial charge is 0.443 e. The van der Waals surface area contributed by atoms with Gasteiger partial charge < -0.3 is 9.32 Å². The van der Waals surface area contributed by atoms with Gasteiger partial charge in [-0.05, 0) is 12.1 Å². The molecule has 0 spiro atoms. The number of hydrogen-bond donors (Lipinski definition) is 0. The Balaban J connectivity index is 2.01. The average molecular weight is 327 g/mol. The minimum atomic E-state index is -3.77. The Hall–Kier alpha value is -1.86. The fourth-order valence-corrected chi connectivity index (χ4v) is 3.39. The number of para-hydroxylation sites is 1. The second-order valence-electron chi connectivity index (χ2n) is 4.69. The number of amides is 1. The van der Waals surface area contributed by atoms with Crippen molar-refractivity contribution >= 4 is 31.3 Å². The third-order valence-electron chi connectivity index (χ3n) is 3.38. The Morgan fingerprint density at radius 1 is 1.33 bits per heavy atom. The molecule has 110 valence electrons. The third kappa shape index (κ3) is 2.66. The fourth-order valence-electron chi connectivity index (χ4n) is 2.36. The van der Waals surface area contributed by atoms with E-state index in [1.807, 2.05) is 0 Å². The molecule has 0 bridgehead atoms. The summed E-state index contributed by atoms with van der Waals surface area (Å²) in [5.41, 5.74) is 1.26. The number of aromatic nitrogens is 1. The molecular weight excluding hydrogens is 316 g/mol. The number of oxazole rings is 1. The molecule has 0 N–H and O–H groups in total. The monoisotopic (exact) mass is 326 g/mol. The van der Waals surface area contributed by atoms with Gasteiger partial charge in [0.05, 0.1) is 11.9 Å². The van der Waals surface area contributed by atoms with Gasteiger partial charge in [0.1, 0.15) is 5.25 Å². The first-order valence-electron chi connectivity index (χ1n) is 6.18. The van der Waals surface area contributed by atoms with Gasteiger partial charge >= 0.3 is 0 Å². The van der Waals surface area contributed by atoms with Crippen LogP contribution in [0.25, 0.3) is 11.3 Å². The number of carbonyl (C=O) groups is 1. The number of rotatable bonds is 3. The number of anilines is 1. The maximum atomic E-state index is 12.1. The third-order valence-corrected chi connectivity index (χ3v) is 5.25. The van der Waals surface area contributed by atoms with E-state index in [0.717, 1.165) is 0 Å². The minimum absolute atomic E-state index is 0.0375. The summed E-state index contributed by atoms with van der Waals surface area (Å²) in [6.07, 6.45) is 2.72. The van der Waals surface area contributed by atoms with Crippen LogP contribution in [0, 0.1) is 0 Å². The first-order valence-corrected chi connectivity index (χ1v) is 8.56. The van der Waals surface area contributed by atoms with E-state index in [0.29, 0.717) is 17.0 Å². The van der Waals surface area contributed by atoms with Gasteiger partial charge in [-0.1, -0.05) is 12.1 Å². The van der Waals surface area contributed by atoms with Gasteiger partial charge in [-0.2, -0.15) is 0 Å². The molecule has 6 nitrogen and oxygen atoms in total. The molecule has 21 heavy (non-hydrogen) atoms. The van der Waals surface area contributed by atoms with Crippen LogP contribution >= 0.6 is 10.7 Å². The van der Waals surface area contributed by atoms with Gasteiger partial charge in [0.2, 0.25) is 15.0 Å². The average Bonchev–Trinajstić information content (AvgIpc) is 3.07. The van der Waals surface area contributed by atoms with Crippen LogP contribution in [0.4, 0.5) is 5.69 Å². The summed E-state index contributed by atoms with van der Waals surface area (Å²) in [6.45, 7) is 0.0375. The molecule has 1 atom stereocenters. The van der Waals surface area contributed by atoms with E-state index in [1.165, 1.54) is 17.5 Å². The van der Waals surface area contributed by atoms with Crippen molar-refractivity contribution in [2.75, 3.05) is 11.4 Å². The molecule has 2 heterocycles. The Kier molecular flexibility index (Phi) is 3.46. The van der Waals surface area contributed by atoms with E-state index < -0.39 is 14.3 Å². The second kappa shape index (κ2) is 5.16. The molecule has 1 aromatic carbocycles. The molecular formula is C13H11ClN2O4S. The Morgan fingerprint density at radius 2 is 2.10 bits per heavy atom. The molecule has 3 rings (SSSR count). The van der Waals surface area contributed by atoms with Gasteiger partial charge in [-0.3, -0.25) is 4.79 Å². The fraction of sp³-hybridized carbons (Fsp3) is 0.231. The lowest BCUT2D eigenvalue weighted by Gasteiger charge is -2.19. The number of hydrogen-bond acceptors (Lipinski definition) is 5. The lowest BCUT2D eigenvalue weighted by Crippen LogP contribution is -2.27. The highest BCUT2D eigenvalue weighted by atomic mass is 35.7. The van der Waals surface area contributed by atoms with Crippen molar-refractivity contribution < 1.29 is 17.6 Å². The summed E-state index contributed by atoms with van der Waals surface area (Å²) in [5.74, 6) is 0.228. The Labute approximate surface area is 125 Å². The topological polar surface area (TPSA) is 80.5 Å². The Bertz CT molecular complexity index is 773. The van der Waals surface area contributed by atoms with Crippen LogP contribution in [-0.2, 0) is 13.8 Å². The molecule has 1 aliphatic rings. The summed E-state index contributed by atoms with van der Waals surface area (Å²) < 4.78 is 28.1. The van der Waals surface area contributed by atoms with Crippen LogP contribution in [0.5, 0.6) is 0 Å². The van der Waals surface area contributed by atoms with E-state index >= 15 is 0 Å².